The van der Waals surface area contributed by atoms with Gasteiger partial charge < -0.3 is 50.9 Å². The third kappa shape index (κ3) is 22.8. The molecule has 6 aliphatic rings. The lowest BCUT2D eigenvalue weighted by Crippen LogP contribution is -2.48. The quantitative estimate of drug-likeness (QED) is 0.0164. The van der Waals surface area contributed by atoms with Crippen LogP contribution in [-0.2, 0) is 19.2 Å². The van der Waals surface area contributed by atoms with Gasteiger partial charge >= 0.3 is 0 Å². The fourth-order valence-electron chi connectivity index (χ4n) is 18.2. The maximum absolute atomic E-state index is 13.5. The van der Waals surface area contributed by atoms with Crippen molar-refractivity contribution in [2.24, 2.45) is 0 Å². The van der Waals surface area contributed by atoms with E-state index >= 15 is 0 Å². The summed E-state index contributed by atoms with van der Waals surface area (Å²) in [5.74, 6) is 1.50. The molecule has 6 N–H and O–H groups in total. The van der Waals surface area contributed by atoms with Gasteiger partial charge in [-0.15, -0.1) is 0 Å². The van der Waals surface area contributed by atoms with Crippen molar-refractivity contribution in [2.75, 3.05) is 142 Å². The maximum Gasteiger partial charge on any atom is 0.263 e. The maximum atomic E-state index is 13.5. The summed E-state index contributed by atoms with van der Waals surface area (Å²) >= 11 is 0. The van der Waals surface area contributed by atoms with Crippen LogP contribution in [-0.4, -0.2) is 241 Å². The highest BCUT2D eigenvalue weighted by atomic mass is 16.3. The Kier molecular flexibility index (Phi) is 32.7. The number of nitrogens with one attached hydrogen (secondary N) is 3. The monoisotopic (exact) mass is 1730 g/mol. The number of fused-ring (bicyclic) bond motifs is 3. The van der Waals surface area contributed by atoms with E-state index in [4.69, 9.17) is 30.3 Å². The highest BCUT2D eigenvalue weighted by Crippen LogP contribution is 2.37. The number of amides is 1. The Balaban J connectivity index is 0.000000171. The van der Waals surface area contributed by atoms with Crippen molar-refractivity contribution < 1.29 is 48.9 Å². The van der Waals surface area contributed by atoms with Gasteiger partial charge in [-0.3, -0.25) is 71.4 Å². The number of carbonyl (C=O) groups excluding carboxylic acids is 7. The lowest BCUT2D eigenvalue weighted by Gasteiger charge is -2.36. The number of piperazine rings is 3. The number of pyridine rings is 6. The van der Waals surface area contributed by atoms with E-state index in [1.54, 1.807) is 64.2 Å². The molecule has 3 saturated heterocycles. The van der Waals surface area contributed by atoms with Gasteiger partial charge in [0.25, 0.3) is 16.7 Å². The van der Waals surface area contributed by atoms with Gasteiger partial charge in [0, 0.05) is 157 Å². The fraction of sp³-hybridized carbons (Fsp3) is 0.533. The Morgan fingerprint density at radius 2 is 0.667 bits per heavy atom. The van der Waals surface area contributed by atoms with Crippen molar-refractivity contribution in [2.45, 2.75) is 208 Å². The molecule has 15 rings (SSSR count). The average molecular weight is 1730 g/mol. The molecule has 34 nitrogen and oxygen atoms in total. The zero-order valence-electron chi connectivity index (χ0n) is 72.7. The Bertz CT molecular complexity index is 5550. The van der Waals surface area contributed by atoms with Gasteiger partial charge in [0.1, 0.15) is 54.2 Å². The van der Waals surface area contributed by atoms with Crippen LogP contribution in [0.25, 0.3) is 33.1 Å². The van der Waals surface area contributed by atoms with Gasteiger partial charge in [-0.25, -0.2) is 29.9 Å². The highest BCUT2D eigenvalue weighted by Gasteiger charge is 2.32. The smallest absolute Gasteiger partial charge is 0.263 e. The second-order valence-corrected chi connectivity index (χ2v) is 33.6. The number of aromatic nitrogens is 12. The number of ketones is 6. The van der Waals surface area contributed by atoms with Crippen molar-refractivity contribution >= 4 is 126 Å². The largest absolute Gasteiger partial charge is 0.389 e. The molecule has 12 heterocycles. The first kappa shape index (κ1) is 93.6. The second kappa shape index (κ2) is 44.0. The molecule has 0 aromatic carbocycles. The summed E-state index contributed by atoms with van der Waals surface area (Å²) in [5.41, 5.74) is 6.34. The molecule has 9 aromatic rings. The molecule has 0 atom stereocenters. The third-order valence-electron chi connectivity index (χ3n) is 25.2. The van der Waals surface area contributed by atoms with E-state index < -0.39 is 6.61 Å². The first-order valence-electron chi connectivity index (χ1n) is 44.3. The second-order valence-electron chi connectivity index (χ2n) is 33.6. The number of Topliss-reactive ketones (excluding diaryl/α,β-unsaturated/α-hetero) is 6. The third-order valence-corrected chi connectivity index (χ3v) is 25.2. The van der Waals surface area contributed by atoms with Crippen LogP contribution in [0.4, 0.5) is 52.4 Å². The molecule has 0 radical (unpaired) electrons. The SMILES string of the molecule is C.CC(=O)c1c(C)c2cnc(Nc3ccc(N4CCN(C(=O)CCC(=O)CO)CC4)cn3)nc2n(C2CCCC2)c1=O.CC(=O)c1c(C)c2cnc(Nc3ccc(N4CCN(CCCC(=O)CO)CC4)cn3)nc2n(C2CCCC2)c1=O.CC(=O)c1c(C)c2cnc(Nc3ccc(N4CCN(CCCCCCCC(=O)CO)CC4)cn3)nc2n(C2CCCC2)c1=O. The minimum Gasteiger partial charge on any atom is -0.389 e. The molecule has 1 amide bonds. The summed E-state index contributed by atoms with van der Waals surface area (Å²) in [5, 5.41) is 38.1. The normalized spacial score (nSPS) is 16.0. The Morgan fingerprint density at radius 3 is 0.984 bits per heavy atom. The van der Waals surface area contributed by atoms with Crippen molar-refractivity contribution in [3.63, 3.8) is 0 Å². The predicted molar refractivity (Wildman–Crippen MR) is 486 cm³/mol. The van der Waals surface area contributed by atoms with E-state index in [0.29, 0.717) is 119 Å². The van der Waals surface area contributed by atoms with Crippen LogP contribution in [0.2, 0.25) is 0 Å². The molecule has 0 bridgehead atoms. The summed E-state index contributed by atoms with van der Waals surface area (Å²) < 4.78 is 5.11. The molecule has 3 aliphatic heterocycles. The number of hydrogen-bond acceptors (Lipinski definition) is 30. The molecule has 0 spiro atoms. The van der Waals surface area contributed by atoms with E-state index in [2.05, 4.69) is 76.4 Å². The molecule has 3 aliphatic carbocycles. The minimum absolute atomic E-state index is 0. The minimum atomic E-state index is -0.533. The standard InChI is InChI=1S/C33H45N7O4.C29H35N7O5.C29H37N7O4.CH4/c1-23-28-21-35-33(37-31(28)40(25-10-7-8-11-25)32(44)30(23)24(2)42)36-29-14-13-26(20-34-29)39-18-16-38(17-19-39)15-9-5-3-4-6-12-27(43)22-41;1-18-23-16-31-29(33-27(23)36(20-5-3-4-6-20)28(41)26(18)19(2)38)32-24-9-7-21(15-30-24)34-11-13-35(14-12-34)25(40)10-8-22(39)17-37;1-19-24-17-31-29(33-27(24)36(21-6-3-4-7-21)28(40)26(19)20(2)38)32-25-10-9-22(16-30-25)35-14-12-34(13-15-35)11-5-8-23(39)18-37;/h13-14,20-21,25,41H,3-12,15-19,22H2,1-2H3,(H,34,35,36,37);7,9,15-16,20,37H,3-6,8,10-14,17H2,1-2H3,(H,30,31,32,33);9-10,16-17,21,37H,3-8,11-15,18H2,1-2H3,(H,30,31,32,33);1H4. The summed E-state index contributed by atoms with van der Waals surface area (Å²) in [7, 11) is 0. The van der Waals surface area contributed by atoms with Crippen molar-refractivity contribution in [3.8, 4) is 0 Å². The first-order chi connectivity index (χ1) is 60.5. The molecule has 672 valence electrons. The van der Waals surface area contributed by atoms with Gasteiger partial charge in [-0.05, 0) is 166 Å². The lowest BCUT2D eigenvalue weighted by molar-refractivity contribution is -0.134. The van der Waals surface area contributed by atoms with E-state index in [1.165, 1.54) is 33.6 Å². The highest BCUT2D eigenvalue weighted by molar-refractivity contribution is 6.01. The number of hydrogen-bond donors (Lipinski definition) is 6. The van der Waals surface area contributed by atoms with Gasteiger partial charge in [0.15, 0.2) is 34.7 Å². The molecular formula is C92H121N21O13. The molecular weight excluding hydrogens is 1610 g/mol. The number of rotatable bonds is 33. The van der Waals surface area contributed by atoms with Crippen LogP contribution in [0.1, 0.15) is 235 Å². The van der Waals surface area contributed by atoms with E-state index in [9.17, 15) is 47.9 Å². The van der Waals surface area contributed by atoms with E-state index in [0.717, 1.165) is 191 Å². The summed E-state index contributed by atoms with van der Waals surface area (Å²) in [6.45, 7) is 20.2. The number of unbranched alkanes of at least 4 members (excludes halogenated alkanes) is 4. The number of aryl methyl sites for hydroxylation is 3. The zero-order valence-corrected chi connectivity index (χ0v) is 72.7. The van der Waals surface area contributed by atoms with Crippen LogP contribution in [0.5, 0.6) is 0 Å². The Labute approximate surface area is 733 Å². The van der Waals surface area contributed by atoms with Crippen LogP contribution >= 0.6 is 0 Å². The predicted octanol–water partition coefficient (Wildman–Crippen LogP) is 10.8. The van der Waals surface area contributed by atoms with Crippen LogP contribution in [0.15, 0.2) is 88.0 Å². The van der Waals surface area contributed by atoms with Crippen molar-refractivity contribution in [3.05, 3.63) is 138 Å². The number of aliphatic hydroxyl groups is 3. The molecule has 0 unspecified atom stereocenters. The number of anilines is 9. The van der Waals surface area contributed by atoms with Gasteiger partial charge in [0.05, 0.1) is 52.3 Å². The number of nitrogens with zero attached hydrogens (tertiary/aromatic N) is 18. The van der Waals surface area contributed by atoms with Crippen molar-refractivity contribution in [1.82, 2.24) is 73.3 Å². The van der Waals surface area contributed by atoms with E-state index in [1.807, 2.05) is 42.7 Å². The van der Waals surface area contributed by atoms with Gasteiger partial charge in [-0.1, -0.05) is 65.2 Å². The molecule has 6 fully saturated rings. The van der Waals surface area contributed by atoms with Crippen molar-refractivity contribution in [1.29, 1.82) is 0 Å². The van der Waals surface area contributed by atoms with Crippen LogP contribution in [0, 0.1) is 20.8 Å². The molecule has 3 saturated carbocycles. The Hall–Kier alpha value is -11.6. The fourth-order valence-corrected chi connectivity index (χ4v) is 18.2. The molecule has 126 heavy (non-hydrogen) atoms. The van der Waals surface area contributed by atoms with Gasteiger partial charge in [-0.2, -0.15) is 15.0 Å². The topological polar surface area (TPSA) is 418 Å². The molecule has 34 heteroatoms. The first-order valence-corrected chi connectivity index (χ1v) is 44.3. The summed E-state index contributed by atoms with van der Waals surface area (Å²) in [6.07, 6.45) is 29.4. The number of aliphatic hydroxyl groups excluding tert-OH is 3. The Morgan fingerprint density at radius 1 is 0.365 bits per heavy atom. The van der Waals surface area contributed by atoms with Crippen LogP contribution < -0.4 is 47.3 Å². The zero-order chi connectivity index (χ0) is 88.4. The van der Waals surface area contributed by atoms with Gasteiger partial charge in [0.2, 0.25) is 23.8 Å². The summed E-state index contributed by atoms with van der Waals surface area (Å²) in [4.78, 5) is 178. The lowest BCUT2D eigenvalue weighted by atomic mass is 10.0. The van der Waals surface area contributed by atoms with E-state index in [-0.39, 0.29) is 126 Å². The van der Waals surface area contributed by atoms with Crippen LogP contribution in [0.3, 0.4) is 0 Å². The summed E-state index contributed by atoms with van der Waals surface area (Å²) in [6, 6.07) is 11.7. The average Bonchev–Trinajstić information content (AvgIpc) is 1.17. The number of carbonyl (C=O) groups is 7. The molecule has 9 aromatic heterocycles.